The first-order valence-electron chi connectivity index (χ1n) is 11.3. The van der Waals surface area contributed by atoms with Crippen LogP contribution in [0, 0.1) is 12.7 Å². The number of amides is 2. The summed E-state index contributed by atoms with van der Waals surface area (Å²) in [5.41, 5.74) is 4.72. The normalized spacial score (nSPS) is 14.3. The van der Waals surface area contributed by atoms with Gasteiger partial charge in [-0.25, -0.2) is 4.39 Å². The fourth-order valence-corrected chi connectivity index (χ4v) is 4.92. The first-order chi connectivity index (χ1) is 17.8. The first kappa shape index (κ1) is 26.7. The number of carbonyl (C=O) groups excluding carboxylic acids is 2. The number of hydrogen-bond acceptors (Lipinski definition) is 6. The highest BCUT2D eigenvalue weighted by molar-refractivity contribution is 8.26. The number of thiocarbonyl (C=S) groups is 1. The van der Waals surface area contributed by atoms with Crippen molar-refractivity contribution in [2.24, 2.45) is 0 Å². The molecule has 1 heterocycles. The molecule has 1 saturated heterocycles. The molecular weight excluding hydrogens is 535 g/mol. The zero-order valence-electron chi connectivity index (χ0n) is 19.9. The van der Waals surface area contributed by atoms with Gasteiger partial charge in [0.1, 0.15) is 12.4 Å². The van der Waals surface area contributed by atoms with Crippen molar-refractivity contribution >= 4 is 57.8 Å². The number of nitrogens with one attached hydrogen (secondary N) is 1. The van der Waals surface area contributed by atoms with E-state index in [0.29, 0.717) is 34.1 Å². The standard InChI is InChI=1S/C27H22ClFN2O4S2/c1-3-34-23-13-17(11-12-22(23)35-15-19-20(28)9-6-10-21(19)29)14-24-26(33)31(27(36)37-24)30-25(32)18-8-5-4-7-16(18)2/h4-14H,3,15H2,1-2H3,(H,30,32)/b24-14+. The number of halogens is 2. The first-order valence-corrected chi connectivity index (χ1v) is 12.9. The lowest BCUT2D eigenvalue weighted by Crippen LogP contribution is -2.45. The maximum atomic E-state index is 14.1. The summed E-state index contributed by atoms with van der Waals surface area (Å²) in [7, 11) is 0. The average molecular weight is 557 g/mol. The van der Waals surface area contributed by atoms with Gasteiger partial charge in [0.25, 0.3) is 11.8 Å². The van der Waals surface area contributed by atoms with E-state index in [1.54, 1.807) is 42.5 Å². The Hall–Kier alpha value is -3.40. The molecule has 0 aromatic heterocycles. The molecule has 0 atom stereocenters. The van der Waals surface area contributed by atoms with Crippen LogP contribution in [0.2, 0.25) is 5.02 Å². The monoisotopic (exact) mass is 556 g/mol. The second-order valence-corrected chi connectivity index (χ2v) is 9.98. The molecule has 10 heteroatoms. The Morgan fingerprint density at radius 1 is 1.14 bits per heavy atom. The van der Waals surface area contributed by atoms with Crippen LogP contribution in [-0.2, 0) is 11.4 Å². The zero-order valence-corrected chi connectivity index (χ0v) is 22.3. The molecule has 1 fully saturated rings. The minimum Gasteiger partial charge on any atom is -0.490 e. The van der Waals surface area contributed by atoms with Gasteiger partial charge in [0, 0.05) is 11.1 Å². The predicted molar refractivity (Wildman–Crippen MR) is 147 cm³/mol. The van der Waals surface area contributed by atoms with Gasteiger partial charge in [-0.3, -0.25) is 15.0 Å². The molecule has 0 bridgehead atoms. The molecule has 1 N–H and O–H groups in total. The summed E-state index contributed by atoms with van der Waals surface area (Å²) >= 11 is 12.5. The number of ether oxygens (including phenoxy) is 2. The van der Waals surface area contributed by atoms with E-state index in [1.807, 2.05) is 26.0 Å². The van der Waals surface area contributed by atoms with Crippen LogP contribution in [0.5, 0.6) is 11.5 Å². The largest absolute Gasteiger partial charge is 0.490 e. The fourth-order valence-electron chi connectivity index (χ4n) is 3.53. The Morgan fingerprint density at radius 2 is 1.92 bits per heavy atom. The summed E-state index contributed by atoms with van der Waals surface area (Å²) in [5, 5.41) is 1.34. The van der Waals surface area contributed by atoms with Crippen LogP contribution < -0.4 is 14.9 Å². The second-order valence-electron chi connectivity index (χ2n) is 7.90. The summed E-state index contributed by atoms with van der Waals surface area (Å²) in [6, 6.07) is 16.6. The second kappa shape index (κ2) is 11.8. The van der Waals surface area contributed by atoms with Gasteiger partial charge >= 0.3 is 0 Å². The number of thioether (sulfide) groups is 1. The molecule has 4 rings (SSSR count). The van der Waals surface area contributed by atoms with Crippen LogP contribution >= 0.6 is 35.6 Å². The van der Waals surface area contributed by atoms with Crippen LogP contribution in [0.1, 0.15) is 34.0 Å². The summed E-state index contributed by atoms with van der Waals surface area (Å²) in [6.07, 6.45) is 1.65. The molecule has 3 aromatic carbocycles. The van der Waals surface area contributed by atoms with Gasteiger partial charge in [-0.05, 0) is 73.6 Å². The summed E-state index contributed by atoms with van der Waals surface area (Å²) in [6.45, 7) is 3.93. The van der Waals surface area contributed by atoms with E-state index in [0.717, 1.165) is 22.3 Å². The Labute approximate surface area is 228 Å². The van der Waals surface area contributed by atoms with Crippen LogP contribution in [0.3, 0.4) is 0 Å². The van der Waals surface area contributed by atoms with Gasteiger partial charge in [0.2, 0.25) is 0 Å². The Morgan fingerprint density at radius 3 is 2.65 bits per heavy atom. The van der Waals surface area contributed by atoms with Crippen molar-refractivity contribution in [3.05, 3.63) is 98.7 Å². The molecule has 2 amide bonds. The van der Waals surface area contributed by atoms with E-state index < -0.39 is 17.6 Å². The maximum absolute atomic E-state index is 14.1. The van der Waals surface area contributed by atoms with Crippen molar-refractivity contribution in [3.63, 3.8) is 0 Å². The smallest absolute Gasteiger partial charge is 0.285 e. The third kappa shape index (κ3) is 6.12. The van der Waals surface area contributed by atoms with E-state index in [1.165, 1.54) is 12.1 Å². The van der Waals surface area contributed by atoms with Gasteiger partial charge in [-0.15, -0.1) is 0 Å². The van der Waals surface area contributed by atoms with E-state index >= 15 is 0 Å². The minimum absolute atomic E-state index is 0.0792. The molecule has 190 valence electrons. The highest BCUT2D eigenvalue weighted by Gasteiger charge is 2.34. The van der Waals surface area contributed by atoms with Gasteiger partial charge in [-0.1, -0.05) is 53.7 Å². The molecule has 37 heavy (non-hydrogen) atoms. The predicted octanol–water partition coefficient (Wildman–Crippen LogP) is 6.31. The number of aryl methyl sites for hydroxylation is 1. The topological polar surface area (TPSA) is 67.9 Å². The molecule has 0 radical (unpaired) electrons. The van der Waals surface area contributed by atoms with Crippen LogP contribution in [0.25, 0.3) is 6.08 Å². The van der Waals surface area contributed by atoms with Gasteiger partial charge in [0.05, 0.1) is 16.5 Å². The van der Waals surface area contributed by atoms with E-state index in [-0.39, 0.29) is 21.5 Å². The molecule has 1 aliphatic rings. The Bertz CT molecular complexity index is 1390. The lowest BCUT2D eigenvalue weighted by atomic mass is 10.1. The molecule has 1 aliphatic heterocycles. The van der Waals surface area contributed by atoms with Gasteiger partial charge in [0.15, 0.2) is 15.8 Å². The van der Waals surface area contributed by atoms with Crippen molar-refractivity contribution in [1.82, 2.24) is 10.4 Å². The van der Waals surface area contributed by atoms with Crippen molar-refractivity contribution < 1.29 is 23.5 Å². The quantitative estimate of drug-likeness (QED) is 0.259. The van der Waals surface area contributed by atoms with Crippen LogP contribution in [-0.4, -0.2) is 27.8 Å². The summed E-state index contributed by atoms with van der Waals surface area (Å²) in [5.74, 6) is -0.503. The molecule has 0 unspecified atom stereocenters. The number of hydrogen-bond donors (Lipinski definition) is 1. The van der Waals surface area contributed by atoms with E-state index in [9.17, 15) is 14.0 Å². The highest BCUT2D eigenvalue weighted by atomic mass is 35.5. The Balaban J connectivity index is 1.51. The molecule has 3 aromatic rings. The third-order valence-corrected chi connectivity index (χ3v) is 7.05. The van der Waals surface area contributed by atoms with E-state index in [4.69, 9.17) is 33.3 Å². The highest BCUT2D eigenvalue weighted by Crippen LogP contribution is 2.35. The Kier molecular flexibility index (Phi) is 8.48. The lowest BCUT2D eigenvalue weighted by Gasteiger charge is -2.16. The average Bonchev–Trinajstić information content (AvgIpc) is 3.12. The number of nitrogens with zero attached hydrogens (tertiary/aromatic N) is 1. The van der Waals surface area contributed by atoms with Crippen LogP contribution in [0.15, 0.2) is 65.6 Å². The van der Waals surface area contributed by atoms with Crippen LogP contribution in [0.4, 0.5) is 4.39 Å². The molecule has 6 nitrogen and oxygen atoms in total. The number of carbonyl (C=O) groups is 2. The van der Waals surface area contributed by atoms with Crippen molar-refractivity contribution in [2.45, 2.75) is 20.5 Å². The zero-order chi connectivity index (χ0) is 26.5. The van der Waals surface area contributed by atoms with Crippen molar-refractivity contribution in [1.29, 1.82) is 0 Å². The lowest BCUT2D eigenvalue weighted by molar-refractivity contribution is -0.123. The summed E-state index contributed by atoms with van der Waals surface area (Å²) < 4.78 is 25.8. The number of rotatable bonds is 8. The van der Waals surface area contributed by atoms with Gasteiger partial charge in [-0.2, -0.15) is 5.01 Å². The SMILES string of the molecule is CCOc1cc(/C=C2/SC(=S)N(NC(=O)c3ccccc3C)C2=O)ccc1OCc1c(F)cccc1Cl. The number of hydrazine groups is 1. The van der Waals surface area contributed by atoms with E-state index in [2.05, 4.69) is 5.43 Å². The molecule has 0 aliphatic carbocycles. The fraction of sp³-hybridized carbons (Fsp3) is 0.148. The van der Waals surface area contributed by atoms with Crippen molar-refractivity contribution in [3.8, 4) is 11.5 Å². The molecular formula is C27H22ClFN2O4S2. The van der Waals surface area contributed by atoms with Gasteiger partial charge < -0.3 is 9.47 Å². The number of benzene rings is 3. The molecule has 0 spiro atoms. The third-order valence-electron chi connectivity index (χ3n) is 5.40. The maximum Gasteiger partial charge on any atom is 0.285 e. The molecule has 0 saturated carbocycles. The minimum atomic E-state index is -0.460. The van der Waals surface area contributed by atoms with Crippen molar-refractivity contribution in [2.75, 3.05) is 6.61 Å². The summed E-state index contributed by atoms with van der Waals surface area (Å²) in [4.78, 5) is 26.0.